The molecule has 3 aromatic carbocycles. The van der Waals surface area contributed by atoms with Crippen molar-refractivity contribution in [2.45, 2.75) is 13.0 Å². The molecule has 116 valence electrons. The van der Waals surface area contributed by atoms with Crippen molar-refractivity contribution in [3.63, 3.8) is 0 Å². The normalized spacial score (nSPS) is 11.9. The topological polar surface area (TPSA) is 24.1 Å². The molecule has 1 atom stereocenters. The van der Waals surface area contributed by atoms with E-state index in [4.69, 9.17) is 12.2 Å². The monoisotopic (exact) mass is 324 g/mol. The highest BCUT2D eigenvalue weighted by molar-refractivity contribution is 7.80. The van der Waals surface area contributed by atoms with E-state index in [-0.39, 0.29) is 11.9 Å². The molecule has 0 aliphatic heterocycles. The molecule has 2 N–H and O–H groups in total. The number of halogens is 1. The van der Waals surface area contributed by atoms with E-state index in [0.29, 0.717) is 5.11 Å². The number of anilines is 1. The highest BCUT2D eigenvalue weighted by Gasteiger charge is 2.10. The fourth-order valence-electron chi connectivity index (χ4n) is 2.60. The molecule has 0 radical (unpaired) electrons. The maximum absolute atomic E-state index is 12.9. The van der Waals surface area contributed by atoms with Crippen molar-refractivity contribution >= 4 is 33.8 Å². The van der Waals surface area contributed by atoms with Crippen molar-refractivity contribution in [3.05, 3.63) is 78.1 Å². The summed E-state index contributed by atoms with van der Waals surface area (Å²) >= 11 is 5.35. The summed E-state index contributed by atoms with van der Waals surface area (Å²) < 4.78 is 12.9. The van der Waals surface area contributed by atoms with Crippen LogP contribution in [0.5, 0.6) is 0 Å². The molecule has 2 nitrogen and oxygen atoms in total. The number of thiocarbonyl (C=S) groups is 1. The van der Waals surface area contributed by atoms with E-state index in [9.17, 15) is 4.39 Å². The molecule has 0 aliphatic rings. The molecule has 0 spiro atoms. The zero-order valence-corrected chi connectivity index (χ0v) is 13.5. The first-order chi connectivity index (χ1) is 11.1. The van der Waals surface area contributed by atoms with Gasteiger partial charge in [0, 0.05) is 5.69 Å². The summed E-state index contributed by atoms with van der Waals surface area (Å²) in [6, 6.07) is 20.7. The smallest absolute Gasteiger partial charge is 0.171 e. The predicted octanol–water partition coefficient (Wildman–Crippen LogP) is 5.03. The van der Waals surface area contributed by atoms with Gasteiger partial charge in [-0.15, -0.1) is 0 Å². The molecule has 0 saturated heterocycles. The van der Waals surface area contributed by atoms with Crippen LogP contribution >= 0.6 is 12.2 Å². The molecule has 0 fully saturated rings. The first-order valence-corrected chi connectivity index (χ1v) is 7.85. The van der Waals surface area contributed by atoms with Crippen LogP contribution in [0.3, 0.4) is 0 Å². The molecule has 0 bridgehead atoms. The Morgan fingerprint density at radius 3 is 2.43 bits per heavy atom. The number of nitrogens with one attached hydrogen (secondary N) is 2. The van der Waals surface area contributed by atoms with Crippen molar-refractivity contribution in [1.29, 1.82) is 0 Å². The van der Waals surface area contributed by atoms with Gasteiger partial charge in [0.1, 0.15) is 5.82 Å². The number of hydrogen-bond donors (Lipinski definition) is 2. The third-order valence-electron chi connectivity index (χ3n) is 3.74. The SMILES string of the molecule is C[C@@H](NC(=S)Nc1ccc(F)cc1)c1cccc2ccccc12. The average molecular weight is 324 g/mol. The standard InChI is InChI=1S/C19H17FN2S/c1-13(17-8-4-6-14-5-2-3-7-18(14)17)21-19(23)22-16-11-9-15(20)10-12-16/h2-13H,1H3,(H2,21,22,23)/t13-/m1/s1. The molecular weight excluding hydrogens is 307 g/mol. The van der Waals surface area contributed by atoms with Gasteiger partial charge in [-0.3, -0.25) is 0 Å². The van der Waals surface area contributed by atoms with Crippen LogP contribution in [0.15, 0.2) is 66.7 Å². The number of rotatable bonds is 3. The first-order valence-electron chi connectivity index (χ1n) is 7.44. The second-order valence-corrected chi connectivity index (χ2v) is 5.80. The lowest BCUT2D eigenvalue weighted by Crippen LogP contribution is -2.31. The molecule has 0 heterocycles. The predicted molar refractivity (Wildman–Crippen MR) is 98.1 cm³/mol. The van der Waals surface area contributed by atoms with Gasteiger partial charge in [-0.05, 0) is 59.7 Å². The minimum Gasteiger partial charge on any atom is -0.356 e. The number of benzene rings is 3. The van der Waals surface area contributed by atoms with E-state index in [2.05, 4.69) is 41.8 Å². The van der Waals surface area contributed by atoms with E-state index in [1.54, 1.807) is 12.1 Å². The van der Waals surface area contributed by atoms with Gasteiger partial charge in [-0.25, -0.2) is 4.39 Å². The molecule has 0 aliphatic carbocycles. The van der Waals surface area contributed by atoms with E-state index < -0.39 is 0 Å². The minimum atomic E-state index is -0.265. The Kier molecular flexibility index (Phi) is 4.53. The minimum absolute atomic E-state index is 0.0570. The third kappa shape index (κ3) is 3.66. The van der Waals surface area contributed by atoms with Crippen molar-refractivity contribution in [2.75, 3.05) is 5.32 Å². The van der Waals surface area contributed by atoms with Crippen LogP contribution in [0.1, 0.15) is 18.5 Å². The van der Waals surface area contributed by atoms with E-state index in [1.165, 1.54) is 28.5 Å². The van der Waals surface area contributed by atoms with E-state index in [0.717, 1.165) is 5.69 Å². The maximum atomic E-state index is 12.9. The number of fused-ring (bicyclic) bond motifs is 1. The molecule has 0 amide bonds. The molecular formula is C19H17FN2S. The van der Waals surface area contributed by atoms with Crippen molar-refractivity contribution in [2.24, 2.45) is 0 Å². The lowest BCUT2D eigenvalue weighted by Gasteiger charge is -2.19. The Morgan fingerprint density at radius 1 is 0.957 bits per heavy atom. The van der Waals surface area contributed by atoms with Gasteiger partial charge in [0.15, 0.2) is 5.11 Å². The molecule has 0 saturated carbocycles. The van der Waals surface area contributed by atoms with Gasteiger partial charge in [0.25, 0.3) is 0 Å². The summed E-state index contributed by atoms with van der Waals surface area (Å²) in [6.07, 6.45) is 0. The summed E-state index contributed by atoms with van der Waals surface area (Å²) in [7, 11) is 0. The zero-order chi connectivity index (χ0) is 16.2. The third-order valence-corrected chi connectivity index (χ3v) is 3.96. The highest BCUT2D eigenvalue weighted by Crippen LogP contribution is 2.24. The van der Waals surface area contributed by atoms with Gasteiger partial charge >= 0.3 is 0 Å². The number of hydrogen-bond acceptors (Lipinski definition) is 1. The van der Waals surface area contributed by atoms with Crippen molar-refractivity contribution in [3.8, 4) is 0 Å². The Labute approximate surface area is 140 Å². The Hall–Kier alpha value is -2.46. The maximum Gasteiger partial charge on any atom is 0.171 e. The Balaban J connectivity index is 1.74. The Morgan fingerprint density at radius 2 is 1.65 bits per heavy atom. The summed E-state index contributed by atoms with van der Waals surface area (Å²) in [5.41, 5.74) is 1.94. The van der Waals surface area contributed by atoms with Gasteiger partial charge in [-0.2, -0.15) is 0 Å². The second kappa shape index (κ2) is 6.75. The van der Waals surface area contributed by atoms with Crippen LogP contribution in [-0.4, -0.2) is 5.11 Å². The lowest BCUT2D eigenvalue weighted by atomic mass is 10.00. The molecule has 4 heteroatoms. The van der Waals surface area contributed by atoms with Crippen LogP contribution in [0, 0.1) is 5.82 Å². The summed E-state index contributed by atoms with van der Waals surface area (Å²) in [5, 5.41) is 9.27. The molecule has 23 heavy (non-hydrogen) atoms. The van der Waals surface area contributed by atoms with Gasteiger partial charge in [-0.1, -0.05) is 42.5 Å². The van der Waals surface area contributed by atoms with Crippen LogP contribution in [-0.2, 0) is 0 Å². The zero-order valence-electron chi connectivity index (χ0n) is 12.7. The largest absolute Gasteiger partial charge is 0.356 e. The molecule has 0 unspecified atom stereocenters. The quantitative estimate of drug-likeness (QED) is 0.661. The average Bonchev–Trinajstić information content (AvgIpc) is 2.56. The first kappa shape index (κ1) is 15.4. The highest BCUT2D eigenvalue weighted by atomic mass is 32.1. The van der Waals surface area contributed by atoms with Gasteiger partial charge < -0.3 is 10.6 Å². The molecule has 3 rings (SSSR count). The van der Waals surface area contributed by atoms with Crippen LogP contribution in [0.4, 0.5) is 10.1 Å². The van der Waals surface area contributed by atoms with Crippen LogP contribution < -0.4 is 10.6 Å². The fraction of sp³-hybridized carbons (Fsp3) is 0.105. The van der Waals surface area contributed by atoms with Gasteiger partial charge in [0.2, 0.25) is 0 Å². The second-order valence-electron chi connectivity index (χ2n) is 5.40. The van der Waals surface area contributed by atoms with Crippen molar-refractivity contribution < 1.29 is 4.39 Å². The van der Waals surface area contributed by atoms with Crippen LogP contribution in [0.25, 0.3) is 10.8 Å². The summed E-state index contributed by atoms with van der Waals surface area (Å²) in [6.45, 7) is 2.07. The summed E-state index contributed by atoms with van der Waals surface area (Å²) in [4.78, 5) is 0. The van der Waals surface area contributed by atoms with Gasteiger partial charge in [0.05, 0.1) is 6.04 Å². The lowest BCUT2D eigenvalue weighted by molar-refractivity contribution is 0.628. The Bertz CT molecular complexity index is 825. The summed E-state index contributed by atoms with van der Waals surface area (Å²) in [5.74, 6) is -0.265. The fourth-order valence-corrected chi connectivity index (χ4v) is 2.90. The van der Waals surface area contributed by atoms with Crippen molar-refractivity contribution in [1.82, 2.24) is 5.32 Å². The molecule has 3 aromatic rings. The van der Waals surface area contributed by atoms with E-state index in [1.807, 2.05) is 18.2 Å². The van der Waals surface area contributed by atoms with E-state index >= 15 is 0 Å². The van der Waals surface area contributed by atoms with Crippen LogP contribution in [0.2, 0.25) is 0 Å². The molecule has 0 aromatic heterocycles.